The predicted octanol–water partition coefficient (Wildman–Crippen LogP) is 4.41. The lowest BCUT2D eigenvalue weighted by atomic mass is 9.90. The third kappa shape index (κ3) is 3.17. The molecule has 0 radical (unpaired) electrons. The molecule has 3 atom stereocenters. The van der Waals surface area contributed by atoms with Gasteiger partial charge in [-0.25, -0.2) is 9.96 Å². The zero-order valence-corrected chi connectivity index (χ0v) is 18.1. The summed E-state index contributed by atoms with van der Waals surface area (Å²) in [4.78, 5) is 44.9. The molecule has 0 aromatic heterocycles. The van der Waals surface area contributed by atoms with Gasteiger partial charge in [0.1, 0.15) is 5.92 Å². The number of nitro groups is 1. The van der Waals surface area contributed by atoms with Gasteiger partial charge in [0, 0.05) is 16.6 Å². The molecule has 0 saturated carbocycles. The van der Waals surface area contributed by atoms with E-state index >= 15 is 0 Å². The minimum atomic E-state index is -1.04. The van der Waals surface area contributed by atoms with E-state index in [1.165, 1.54) is 17.2 Å². The molecule has 3 aromatic carbocycles. The van der Waals surface area contributed by atoms with Gasteiger partial charge in [-0.05, 0) is 45.8 Å². The van der Waals surface area contributed by atoms with Crippen LogP contribution in [-0.2, 0) is 14.4 Å². The number of hydroxylamine groups is 1. The summed E-state index contributed by atoms with van der Waals surface area (Å²) >= 11 is 3.40. The van der Waals surface area contributed by atoms with Gasteiger partial charge in [-0.15, -0.1) is 0 Å². The molecule has 0 aliphatic carbocycles. The number of nitro benzene ring substituents is 1. The molecule has 2 saturated heterocycles. The van der Waals surface area contributed by atoms with Gasteiger partial charge in [-0.3, -0.25) is 24.5 Å². The van der Waals surface area contributed by atoms with Crippen LogP contribution in [0, 0.1) is 16.0 Å². The molecule has 2 aliphatic heterocycles. The van der Waals surface area contributed by atoms with Crippen molar-refractivity contribution in [2.75, 3.05) is 9.96 Å². The highest BCUT2D eigenvalue weighted by molar-refractivity contribution is 9.10. The minimum Gasteiger partial charge on any atom is -0.273 e. The van der Waals surface area contributed by atoms with Crippen molar-refractivity contribution in [2.45, 2.75) is 12.1 Å². The third-order valence-electron chi connectivity index (χ3n) is 5.64. The van der Waals surface area contributed by atoms with Crippen molar-refractivity contribution in [1.29, 1.82) is 0 Å². The minimum absolute atomic E-state index is 0.0987. The number of carbonyl (C=O) groups excluding carboxylic acids is 2. The van der Waals surface area contributed by atoms with Crippen molar-refractivity contribution < 1.29 is 19.3 Å². The number of hydrogen-bond donors (Lipinski definition) is 0. The summed E-state index contributed by atoms with van der Waals surface area (Å²) in [5.41, 5.74) is 1.50. The number of halogens is 1. The zero-order chi connectivity index (χ0) is 22.4. The molecular weight excluding hydrogens is 478 g/mol. The van der Waals surface area contributed by atoms with Crippen LogP contribution in [0.2, 0.25) is 0 Å². The van der Waals surface area contributed by atoms with Crippen molar-refractivity contribution >= 4 is 44.8 Å². The molecule has 9 heteroatoms. The average Bonchev–Trinajstić information content (AvgIpc) is 3.31. The van der Waals surface area contributed by atoms with Gasteiger partial charge in [0.25, 0.3) is 11.6 Å². The predicted molar refractivity (Wildman–Crippen MR) is 120 cm³/mol. The molecule has 0 bridgehead atoms. The summed E-state index contributed by atoms with van der Waals surface area (Å²) in [6.07, 6.45) is -1.04. The van der Waals surface area contributed by atoms with Gasteiger partial charge in [0.15, 0.2) is 6.10 Å². The third-order valence-corrected chi connectivity index (χ3v) is 6.31. The molecule has 0 unspecified atom stereocenters. The van der Waals surface area contributed by atoms with E-state index < -0.39 is 34.8 Å². The maximum absolute atomic E-state index is 13.6. The maximum Gasteiger partial charge on any atom is 0.269 e. The lowest BCUT2D eigenvalue weighted by molar-refractivity contribution is -0.384. The first-order valence-electron chi connectivity index (χ1n) is 9.85. The Hall–Kier alpha value is -3.56. The first kappa shape index (κ1) is 20.3. The van der Waals surface area contributed by atoms with E-state index in [0.29, 0.717) is 21.4 Å². The topological polar surface area (TPSA) is 93.0 Å². The molecule has 2 amide bonds. The van der Waals surface area contributed by atoms with E-state index in [1.807, 2.05) is 18.2 Å². The van der Waals surface area contributed by atoms with E-state index in [9.17, 15) is 19.7 Å². The van der Waals surface area contributed by atoms with Crippen LogP contribution >= 0.6 is 15.9 Å². The fourth-order valence-electron chi connectivity index (χ4n) is 4.25. The van der Waals surface area contributed by atoms with Crippen LogP contribution in [0.4, 0.5) is 17.1 Å². The molecular formula is C23H16BrN3O5. The number of para-hydroxylation sites is 2. The van der Waals surface area contributed by atoms with E-state index in [-0.39, 0.29) is 5.69 Å². The molecule has 32 heavy (non-hydrogen) atoms. The van der Waals surface area contributed by atoms with Gasteiger partial charge < -0.3 is 0 Å². The van der Waals surface area contributed by atoms with Crippen molar-refractivity contribution in [3.8, 4) is 0 Å². The molecule has 2 aliphatic rings. The highest BCUT2D eigenvalue weighted by Gasteiger charge is 2.60. The number of imide groups is 1. The van der Waals surface area contributed by atoms with Crippen LogP contribution in [-0.4, -0.2) is 22.8 Å². The number of amides is 2. The Kier molecular flexibility index (Phi) is 4.99. The van der Waals surface area contributed by atoms with Crippen molar-refractivity contribution in [3.63, 3.8) is 0 Å². The summed E-state index contributed by atoms with van der Waals surface area (Å²) in [5.74, 6) is -1.75. The quantitative estimate of drug-likeness (QED) is 0.303. The molecule has 8 nitrogen and oxygen atoms in total. The van der Waals surface area contributed by atoms with E-state index in [0.717, 1.165) is 4.90 Å². The van der Waals surface area contributed by atoms with Crippen LogP contribution in [0.15, 0.2) is 83.3 Å². The van der Waals surface area contributed by atoms with Gasteiger partial charge >= 0.3 is 0 Å². The fraction of sp³-hybridized carbons (Fsp3) is 0.130. The summed E-state index contributed by atoms with van der Waals surface area (Å²) in [6, 6.07) is 21.4. The Morgan fingerprint density at radius 1 is 0.906 bits per heavy atom. The standard InChI is InChI=1S/C23H16BrN3O5/c24-17-11-4-5-12-18(17)25-22(28)19-20(14-7-6-10-16(13-14)27(30)31)26(32-21(19)23(25)29)15-8-2-1-3-9-15/h1-13,19-21H/t19-,20+,21-/m0/s1. The lowest BCUT2D eigenvalue weighted by Crippen LogP contribution is -2.37. The van der Waals surface area contributed by atoms with E-state index in [4.69, 9.17) is 4.84 Å². The number of benzene rings is 3. The smallest absolute Gasteiger partial charge is 0.269 e. The van der Waals surface area contributed by atoms with Crippen molar-refractivity contribution in [3.05, 3.63) is 99.0 Å². The second kappa shape index (κ2) is 7.85. The normalized spacial score (nSPS) is 22.3. The molecule has 3 aromatic rings. The molecule has 0 spiro atoms. The second-order valence-corrected chi connectivity index (χ2v) is 8.33. The highest BCUT2D eigenvalue weighted by Crippen LogP contribution is 2.48. The molecule has 2 fully saturated rings. The van der Waals surface area contributed by atoms with Gasteiger partial charge in [-0.1, -0.05) is 42.5 Å². The first-order chi connectivity index (χ1) is 15.5. The average molecular weight is 494 g/mol. The monoisotopic (exact) mass is 493 g/mol. The first-order valence-corrected chi connectivity index (χ1v) is 10.6. The summed E-state index contributed by atoms with van der Waals surface area (Å²) in [7, 11) is 0. The Morgan fingerprint density at radius 2 is 1.62 bits per heavy atom. The molecule has 5 rings (SSSR count). The number of fused-ring (bicyclic) bond motifs is 1. The van der Waals surface area contributed by atoms with Gasteiger partial charge in [-0.2, -0.15) is 0 Å². The number of rotatable bonds is 4. The number of nitrogens with zero attached hydrogens (tertiary/aromatic N) is 3. The number of carbonyl (C=O) groups is 2. The maximum atomic E-state index is 13.6. The van der Waals surface area contributed by atoms with Crippen LogP contribution in [0.25, 0.3) is 0 Å². The van der Waals surface area contributed by atoms with Crippen molar-refractivity contribution in [2.24, 2.45) is 5.92 Å². The summed E-state index contributed by atoms with van der Waals surface area (Å²) in [5, 5.41) is 12.9. The van der Waals surface area contributed by atoms with Gasteiger partial charge in [0.05, 0.1) is 22.3 Å². The van der Waals surface area contributed by atoms with Crippen LogP contribution in [0.3, 0.4) is 0 Å². The Balaban J connectivity index is 1.62. The number of hydrogen-bond acceptors (Lipinski definition) is 6. The molecule has 2 heterocycles. The molecule has 0 N–H and O–H groups in total. The largest absolute Gasteiger partial charge is 0.273 e. The summed E-state index contributed by atoms with van der Waals surface area (Å²) < 4.78 is 0.605. The Morgan fingerprint density at radius 3 is 2.34 bits per heavy atom. The Bertz CT molecular complexity index is 1240. The Labute approximate surface area is 191 Å². The summed E-state index contributed by atoms with van der Waals surface area (Å²) in [6.45, 7) is 0. The van der Waals surface area contributed by atoms with E-state index in [2.05, 4.69) is 15.9 Å². The highest BCUT2D eigenvalue weighted by atomic mass is 79.9. The van der Waals surface area contributed by atoms with E-state index in [1.54, 1.807) is 48.5 Å². The fourth-order valence-corrected chi connectivity index (χ4v) is 4.71. The second-order valence-electron chi connectivity index (χ2n) is 7.47. The van der Waals surface area contributed by atoms with Crippen LogP contribution in [0.5, 0.6) is 0 Å². The van der Waals surface area contributed by atoms with Crippen LogP contribution < -0.4 is 9.96 Å². The van der Waals surface area contributed by atoms with Crippen LogP contribution in [0.1, 0.15) is 11.6 Å². The molecule has 160 valence electrons. The number of anilines is 2. The van der Waals surface area contributed by atoms with Gasteiger partial charge in [0.2, 0.25) is 5.91 Å². The SMILES string of the molecule is O=C1[C@@H]2[C@H](ON(c3ccccc3)[C@@H]2c2cccc([N+](=O)[O-])c2)C(=O)N1c1ccccc1Br. The number of non-ortho nitro benzene ring substituents is 1. The lowest BCUT2D eigenvalue weighted by Gasteiger charge is -2.28. The zero-order valence-electron chi connectivity index (χ0n) is 16.5. The van der Waals surface area contributed by atoms with Crippen molar-refractivity contribution in [1.82, 2.24) is 0 Å².